The number of hydrogen-bond acceptors (Lipinski definition) is 4. The number of nitrogens with one attached hydrogen (secondary N) is 1. The first-order chi connectivity index (χ1) is 10.7. The quantitative estimate of drug-likeness (QED) is 0.632. The lowest BCUT2D eigenvalue weighted by Gasteiger charge is -2.05. The minimum Gasteiger partial charge on any atom is -0.347 e. The third kappa shape index (κ3) is 2.08. The van der Waals surface area contributed by atoms with Crippen molar-refractivity contribution < 1.29 is 0 Å². The van der Waals surface area contributed by atoms with E-state index in [0.717, 1.165) is 22.5 Å². The van der Waals surface area contributed by atoms with Crippen LogP contribution in [0.25, 0.3) is 16.7 Å². The molecule has 0 atom stereocenters. The molecule has 0 fully saturated rings. The number of rotatable bonds is 3. The van der Waals surface area contributed by atoms with Gasteiger partial charge in [0.25, 0.3) is 0 Å². The van der Waals surface area contributed by atoms with E-state index in [4.69, 9.17) is 11.6 Å². The Balaban J connectivity index is 1.65. The fourth-order valence-corrected chi connectivity index (χ4v) is 2.66. The Labute approximate surface area is 131 Å². The Morgan fingerprint density at radius 3 is 3.00 bits per heavy atom. The predicted octanol–water partition coefficient (Wildman–Crippen LogP) is 2.88. The third-order valence-corrected chi connectivity index (χ3v) is 3.89. The second kappa shape index (κ2) is 4.99. The maximum absolute atomic E-state index is 6.05. The van der Waals surface area contributed by atoms with E-state index in [2.05, 4.69) is 20.5 Å². The van der Waals surface area contributed by atoms with Crippen LogP contribution in [0.15, 0.2) is 42.6 Å². The summed E-state index contributed by atoms with van der Waals surface area (Å²) < 4.78 is 3.93. The normalized spacial score (nSPS) is 11.4. The molecule has 7 heteroatoms. The van der Waals surface area contributed by atoms with E-state index in [1.54, 1.807) is 0 Å². The standard InChI is InChI=1S/C15H13ClN6/c1-21-12-8-10(16)5-6-11(12)18-14(21)9-17-15-20-19-13-4-2-3-7-22(13)15/h2-8H,9H2,1H3,(H,17,20). The summed E-state index contributed by atoms with van der Waals surface area (Å²) in [4.78, 5) is 4.62. The number of fused-ring (bicyclic) bond motifs is 2. The predicted molar refractivity (Wildman–Crippen MR) is 86.0 cm³/mol. The molecule has 0 aliphatic carbocycles. The molecule has 4 aromatic rings. The van der Waals surface area contributed by atoms with Crippen molar-refractivity contribution in [2.24, 2.45) is 7.05 Å². The van der Waals surface area contributed by atoms with Gasteiger partial charge in [-0.1, -0.05) is 17.7 Å². The zero-order chi connectivity index (χ0) is 15.1. The van der Waals surface area contributed by atoms with Gasteiger partial charge in [-0.25, -0.2) is 4.98 Å². The highest BCUT2D eigenvalue weighted by atomic mass is 35.5. The molecule has 3 aromatic heterocycles. The van der Waals surface area contributed by atoms with Gasteiger partial charge in [0.15, 0.2) is 5.65 Å². The van der Waals surface area contributed by atoms with Gasteiger partial charge in [0.1, 0.15) is 5.82 Å². The number of benzene rings is 1. The smallest absolute Gasteiger partial charge is 0.229 e. The molecule has 0 aliphatic rings. The van der Waals surface area contributed by atoms with Crippen LogP contribution in [0.3, 0.4) is 0 Å². The summed E-state index contributed by atoms with van der Waals surface area (Å²) in [5.74, 6) is 1.60. The summed E-state index contributed by atoms with van der Waals surface area (Å²) in [5, 5.41) is 12.2. The van der Waals surface area contributed by atoms with Gasteiger partial charge in [0.05, 0.1) is 17.6 Å². The van der Waals surface area contributed by atoms with E-state index in [0.29, 0.717) is 17.5 Å². The summed E-state index contributed by atoms with van der Waals surface area (Å²) in [6.45, 7) is 0.554. The molecule has 22 heavy (non-hydrogen) atoms. The molecular weight excluding hydrogens is 300 g/mol. The average Bonchev–Trinajstić information content (AvgIpc) is 3.08. The van der Waals surface area contributed by atoms with Crippen LogP contribution in [0.2, 0.25) is 5.02 Å². The molecular formula is C15H13ClN6. The molecule has 4 rings (SSSR count). The van der Waals surface area contributed by atoms with Gasteiger partial charge in [0, 0.05) is 18.3 Å². The SMILES string of the molecule is Cn1c(CNc2nnc3ccccn23)nc2ccc(Cl)cc21. The molecule has 0 saturated heterocycles. The summed E-state index contributed by atoms with van der Waals surface area (Å²) in [7, 11) is 1.98. The van der Waals surface area contributed by atoms with E-state index >= 15 is 0 Å². The van der Waals surface area contributed by atoms with Crippen LogP contribution in [0.1, 0.15) is 5.82 Å². The Bertz CT molecular complexity index is 971. The van der Waals surface area contributed by atoms with Crippen molar-refractivity contribution in [2.45, 2.75) is 6.54 Å². The Kier molecular flexibility index (Phi) is 2.97. The number of imidazole rings is 1. The minimum atomic E-state index is 0.554. The van der Waals surface area contributed by atoms with Crippen molar-refractivity contribution in [3.8, 4) is 0 Å². The average molecular weight is 313 g/mol. The molecule has 0 aliphatic heterocycles. The molecule has 0 radical (unpaired) electrons. The van der Waals surface area contributed by atoms with E-state index in [-0.39, 0.29) is 0 Å². The van der Waals surface area contributed by atoms with Gasteiger partial charge in [-0.2, -0.15) is 0 Å². The van der Waals surface area contributed by atoms with Crippen LogP contribution in [-0.4, -0.2) is 24.1 Å². The van der Waals surface area contributed by atoms with Crippen molar-refractivity contribution >= 4 is 34.2 Å². The number of hydrogen-bond donors (Lipinski definition) is 1. The first-order valence-corrected chi connectivity index (χ1v) is 7.25. The van der Waals surface area contributed by atoms with Crippen LogP contribution >= 0.6 is 11.6 Å². The Morgan fingerprint density at radius 2 is 2.09 bits per heavy atom. The molecule has 3 heterocycles. The topological polar surface area (TPSA) is 60.0 Å². The van der Waals surface area contributed by atoms with Gasteiger partial charge >= 0.3 is 0 Å². The molecule has 1 aromatic carbocycles. The van der Waals surface area contributed by atoms with E-state index in [1.165, 1.54) is 0 Å². The molecule has 1 N–H and O–H groups in total. The van der Waals surface area contributed by atoms with Gasteiger partial charge in [-0.3, -0.25) is 4.40 Å². The lowest BCUT2D eigenvalue weighted by Crippen LogP contribution is -2.08. The number of nitrogens with zero attached hydrogens (tertiary/aromatic N) is 5. The van der Waals surface area contributed by atoms with Crippen LogP contribution in [0, 0.1) is 0 Å². The maximum atomic E-state index is 6.05. The minimum absolute atomic E-state index is 0.554. The lowest BCUT2D eigenvalue weighted by atomic mass is 10.3. The second-order valence-corrected chi connectivity index (χ2v) is 5.46. The van der Waals surface area contributed by atoms with Crippen LogP contribution in [-0.2, 0) is 13.6 Å². The summed E-state index contributed by atoms with van der Waals surface area (Å²) in [5.41, 5.74) is 2.74. The van der Waals surface area contributed by atoms with Crippen molar-refractivity contribution in [2.75, 3.05) is 5.32 Å². The van der Waals surface area contributed by atoms with E-state index < -0.39 is 0 Å². The van der Waals surface area contributed by atoms with Gasteiger partial charge in [-0.15, -0.1) is 10.2 Å². The van der Waals surface area contributed by atoms with Gasteiger partial charge in [-0.05, 0) is 30.3 Å². The first kappa shape index (κ1) is 13.1. The number of anilines is 1. The maximum Gasteiger partial charge on any atom is 0.229 e. The van der Waals surface area contributed by atoms with Crippen LogP contribution in [0.4, 0.5) is 5.95 Å². The molecule has 0 bridgehead atoms. The third-order valence-electron chi connectivity index (χ3n) is 3.65. The molecule has 0 saturated carbocycles. The zero-order valence-electron chi connectivity index (χ0n) is 11.9. The zero-order valence-corrected chi connectivity index (χ0v) is 12.6. The highest BCUT2D eigenvalue weighted by molar-refractivity contribution is 6.31. The Morgan fingerprint density at radius 1 is 1.18 bits per heavy atom. The summed E-state index contributed by atoms with van der Waals surface area (Å²) in [6, 6.07) is 11.5. The van der Waals surface area contributed by atoms with Crippen molar-refractivity contribution in [1.82, 2.24) is 24.1 Å². The number of halogens is 1. The second-order valence-electron chi connectivity index (χ2n) is 5.03. The fourth-order valence-electron chi connectivity index (χ4n) is 2.49. The summed E-state index contributed by atoms with van der Waals surface area (Å²) >= 11 is 6.05. The van der Waals surface area contributed by atoms with Crippen LogP contribution < -0.4 is 5.32 Å². The molecule has 110 valence electrons. The molecule has 6 nitrogen and oxygen atoms in total. The summed E-state index contributed by atoms with van der Waals surface area (Å²) in [6.07, 6.45) is 1.92. The highest BCUT2D eigenvalue weighted by Crippen LogP contribution is 2.20. The largest absolute Gasteiger partial charge is 0.347 e. The van der Waals surface area contributed by atoms with Gasteiger partial charge in [0.2, 0.25) is 5.95 Å². The first-order valence-electron chi connectivity index (χ1n) is 6.87. The number of aryl methyl sites for hydroxylation is 1. The highest BCUT2D eigenvalue weighted by Gasteiger charge is 2.10. The lowest BCUT2D eigenvalue weighted by molar-refractivity contribution is 0.827. The molecule has 0 unspecified atom stereocenters. The monoisotopic (exact) mass is 312 g/mol. The number of aromatic nitrogens is 5. The molecule has 0 amide bonds. The fraction of sp³-hybridized carbons (Fsp3) is 0.133. The molecule has 0 spiro atoms. The van der Waals surface area contributed by atoms with Crippen molar-refractivity contribution in [3.63, 3.8) is 0 Å². The van der Waals surface area contributed by atoms with Crippen molar-refractivity contribution in [1.29, 1.82) is 0 Å². The van der Waals surface area contributed by atoms with E-state index in [9.17, 15) is 0 Å². The number of pyridine rings is 1. The van der Waals surface area contributed by atoms with Gasteiger partial charge < -0.3 is 9.88 Å². The van der Waals surface area contributed by atoms with E-state index in [1.807, 2.05) is 58.6 Å². The Hall–Kier alpha value is -2.60. The van der Waals surface area contributed by atoms with Crippen LogP contribution in [0.5, 0.6) is 0 Å². The van der Waals surface area contributed by atoms with Crippen molar-refractivity contribution in [3.05, 3.63) is 53.4 Å².